The number of methoxy groups -OCH3 is 2. The minimum absolute atomic E-state index is 0.235. The van der Waals surface area contributed by atoms with E-state index in [0.717, 1.165) is 11.1 Å². The molecule has 0 bridgehead atoms. The molecule has 0 radical (unpaired) electrons. The Hall–Kier alpha value is -3.80. The van der Waals surface area contributed by atoms with E-state index in [1.807, 2.05) is 48.5 Å². The van der Waals surface area contributed by atoms with Crippen molar-refractivity contribution in [1.82, 2.24) is 0 Å². The first-order valence-electron chi connectivity index (χ1n) is 8.95. The van der Waals surface area contributed by atoms with Gasteiger partial charge in [0.15, 0.2) is 6.61 Å². The summed E-state index contributed by atoms with van der Waals surface area (Å²) in [4.78, 5) is 24.7. The second-order valence-corrected chi connectivity index (χ2v) is 6.14. The first-order valence-corrected chi connectivity index (χ1v) is 8.95. The lowest BCUT2D eigenvalue weighted by molar-refractivity contribution is -0.119. The van der Waals surface area contributed by atoms with E-state index in [9.17, 15) is 9.59 Å². The third-order valence-electron chi connectivity index (χ3n) is 4.21. The van der Waals surface area contributed by atoms with Crippen molar-refractivity contribution in [3.63, 3.8) is 0 Å². The number of para-hydroxylation sites is 1. The second kappa shape index (κ2) is 9.41. The molecule has 3 aromatic rings. The van der Waals surface area contributed by atoms with Crippen LogP contribution in [0.25, 0.3) is 11.1 Å². The lowest BCUT2D eigenvalue weighted by atomic mass is 10.0. The fourth-order valence-corrected chi connectivity index (χ4v) is 2.79. The quantitative estimate of drug-likeness (QED) is 0.612. The number of benzene rings is 3. The molecule has 6 nitrogen and oxygen atoms in total. The number of ether oxygens (including phenoxy) is 3. The molecular weight excluding hydrogens is 370 g/mol. The van der Waals surface area contributed by atoms with Crippen LogP contribution in [0.1, 0.15) is 10.4 Å². The van der Waals surface area contributed by atoms with Crippen LogP contribution in [0.5, 0.6) is 11.5 Å². The predicted octanol–water partition coefficient (Wildman–Crippen LogP) is 4.17. The first-order chi connectivity index (χ1) is 14.1. The zero-order valence-corrected chi connectivity index (χ0v) is 16.2. The molecule has 0 aliphatic carbocycles. The first kappa shape index (κ1) is 19.9. The van der Waals surface area contributed by atoms with E-state index in [1.165, 1.54) is 26.4 Å². The van der Waals surface area contributed by atoms with Gasteiger partial charge in [0.1, 0.15) is 11.5 Å². The minimum atomic E-state index is -0.645. The number of anilines is 1. The van der Waals surface area contributed by atoms with Crippen LogP contribution in [-0.4, -0.2) is 32.7 Å². The van der Waals surface area contributed by atoms with Crippen LogP contribution in [0, 0.1) is 0 Å². The summed E-state index contributed by atoms with van der Waals surface area (Å²) in [5, 5.41) is 2.80. The van der Waals surface area contributed by atoms with Gasteiger partial charge in [0, 0.05) is 17.3 Å². The number of nitrogens with one attached hydrogen (secondary N) is 1. The number of hydrogen-bond acceptors (Lipinski definition) is 5. The average molecular weight is 391 g/mol. The van der Waals surface area contributed by atoms with Gasteiger partial charge in [0.25, 0.3) is 5.91 Å². The van der Waals surface area contributed by atoms with Crippen LogP contribution in [0.3, 0.4) is 0 Å². The minimum Gasteiger partial charge on any atom is -0.497 e. The van der Waals surface area contributed by atoms with Gasteiger partial charge in [0.05, 0.1) is 19.8 Å². The van der Waals surface area contributed by atoms with Crippen LogP contribution in [0.15, 0.2) is 72.8 Å². The molecule has 1 amide bonds. The predicted molar refractivity (Wildman–Crippen MR) is 110 cm³/mol. The standard InChI is InChI=1S/C23H21NO5/c1-27-18-12-17(13-19(14-18)28-2)23(26)29-15-22(25)24-21-11-7-6-10-20(21)16-8-4-3-5-9-16/h3-14H,15H2,1-2H3,(H,24,25). The van der Waals surface area contributed by atoms with E-state index in [1.54, 1.807) is 12.1 Å². The van der Waals surface area contributed by atoms with Gasteiger partial charge in [-0.2, -0.15) is 0 Å². The highest BCUT2D eigenvalue weighted by Crippen LogP contribution is 2.27. The molecule has 3 rings (SSSR count). The maximum Gasteiger partial charge on any atom is 0.338 e. The van der Waals surface area contributed by atoms with E-state index >= 15 is 0 Å². The third kappa shape index (κ3) is 5.13. The van der Waals surface area contributed by atoms with Crippen molar-refractivity contribution < 1.29 is 23.8 Å². The number of hydrogen-bond donors (Lipinski definition) is 1. The van der Waals surface area contributed by atoms with E-state index < -0.39 is 18.5 Å². The highest BCUT2D eigenvalue weighted by Gasteiger charge is 2.14. The molecule has 0 unspecified atom stereocenters. The Morgan fingerprint density at radius 1 is 0.828 bits per heavy atom. The largest absolute Gasteiger partial charge is 0.497 e. The van der Waals surface area contributed by atoms with Gasteiger partial charge in [-0.25, -0.2) is 4.79 Å². The maximum absolute atomic E-state index is 12.3. The highest BCUT2D eigenvalue weighted by molar-refractivity contribution is 5.98. The van der Waals surface area contributed by atoms with Gasteiger partial charge in [-0.3, -0.25) is 4.79 Å². The molecule has 0 aromatic heterocycles. The van der Waals surface area contributed by atoms with Gasteiger partial charge >= 0.3 is 5.97 Å². The number of carbonyl (C=O) groups excluding carboxylic acids is 2. The smallest absolute Gasteiger partial charge is 0.338 e. The van der Waals surface area contributed by atoms with Crippen molar-refractivity contribution in [2.24, 2.45) is 0 Å². The number of esters is 1. The molecule has 148 valence electrons. The lowest BCUT2D eigenvalue weighted by Crippen LogP contribution is -2.21. The summed E-state index contributed by atoms with van der Waals surface area (Å²) in [7, 11) is 2.98. The maximum atomic E-state index is 12.3. The summed E-state index contributed by atoms with van der Waals surface area (Å²) in [6.07, 6.45) is 0. The van der Waals surface area contributed by atoms with E-state index in [2.05, 4.69) is 5.32 Å². The van der Waals surface area contributed by atoms with Crippen LogP contribution < -0.4 is 14.8 Å². The Kier molecular flexibility index (Phi) is 6.47. The summed E-state index contributed by atoms with van der Waals surface area (Å²) in [6, 6.07) is 21.8. The van der Waals surface area contributed by atoms with Crippen LogP contribution in [-0.2, 0) is 9.53 Å². The van der Waals surface area contributed by atoms with Crippen LogP contribution >= 0.6 is 0 Å². The monoisotopic (exact) mass is 391 g/mol. The van der Waals surface area contributed by atoms with Crippen molar-refractivity contribution in [2.45, 2.75) is 0 Å². The highest BCUT2D eigenvalue weighted by atomic mass is 16.5. The van der Waals surface area contributed by atoms with E-state index in [0.29, 0.717) is 17.2 Å². The molecule has 0 aliphatic rings. The van der Waals surface area contributed by atoms with Gasteiger partial charge in [-0.05, 0) is 23.8 Å². The Morgan fingerprint density at radius 2 is 1.45 bits per heavy atom. The van der Waals surface area contributed by atoms with E-state index in [-0.39, 0.29) is 5.56 Å². The molecule has 0 atom stereocenters. The normalized spacial score (nSPS) is 10.1. The molecule has 0 heterocycles. The zero-order valence-electron chi connectivity index (χ0n) is 16.2. The fourth-order valence-electron chi connectivity index (χ4n) is 2.79. The molecule has 0 saturated heterocycles. The van der Waals surface area contributed by atoms with Crippen LogP contribution in [0.4, 0.5) is 5.69 Å². The van der Waals surface area contributed by atoms with Crippen molar-refractivity contribution >= 4 is 17.6 Å². The molecule has 0 spiro atoms. The Morgan fingerprint density at radius 3 is 2.10 bits per heavy atom. The average Bonchev–Trinajstić information content (AvgIpc) is 2.78. The number of rotatable bonds is 7. The SMILES string of the molecule is COc1cc(OC)cc(C(=O)OCC(=O)Nc2ccccc2-c2ccccc2)c1. The zero-order chi connectivity index (χ0) is 20.6. The van der Waals surface area contributed by atoms with Gasteiger partial charge < -0.3 is 19.5 Å². The third-order valence-corrected chi connectivity index (χ3v) is 4.21. The second-order valence-electron chi connectivity index (χ2n) is 6.14. The number of amides is 1. The van der Waals surface area contributed by atoms with Crippen molar-refractivity contribution in [3.8, 4) is 22.6 Å². The molecule has 0 saturated carbocycles. The summed E-state index contributed by atoms with van der Waals surface area (Å²) in [5.41, 5.74) is 2.73. The molecule has 0 fully saturated rings. The molecule has 6 heteroatoms. The molecule has 3 aromatic carbocycles. The molecule has 1 N–H and O–H groups in total. The summed E-state index contributed by atoms with van der Waals surface area (Å²) < 4.78 is 15.4. The van der Waals surface area contributed by atoms with Crippen molar-refractivity contribution in [2.75, 3.05) is 26.1 Å². The molecule has 0 aliphatic heterocycles. The molecular formula is C23H21NO5. The van der Waals surface area contributed by atoms with Gasteiger partial charge in [-0.15, -0.1) is 0 Å². The van der Waals surface area contributed by atoms with Gasteiger partial charge in [0.2, 0.25) is 0 Å². The fraction of sp³-hybridized carbons (Fsp3) is 0.130. The Bertz CT molecular complexity index is 979. The van der Waals surface area contributed by atoms with Crippen molar-refractivity contribution in [3.05, 3.63) is 78.4 Å². The summed E-state index contributed by atoms with van der Waals surface area (Å²) in [5.74, 6) is -0.166. The topological polar surface area (TPSA) is 73.9 Å². The van der Waals surface area contributed by atoms with Crippen LogP contribution in [0.2, 0.25) is 0 Å². The van der Waals surface area contributed by atoms with Crippen molar-refractivity contribution in [1.29, 1.82) is 0 Å². The number of carbonyl (C=O) groups is 2. The Labute approximate surface area is 169 Å². The van der Waals surface area contributed by atoms with Gasteiger partial charge in [-0.1, -0.05) is 48.5 Å². The summed E-state index contributed by atoms with van der Waals surface area (Å²) >= 11 is 0. The lowest BCUT2D eigenvalue weighted by Gasteiger charge is -2.12. The Balaban J connectivity index is 1.66. The molecule has 29 heavy (non-hydrogen) atoms. The van der Waals surface area contributed by atoms with E-state index in [4.69, 9.17) is 14.2 Å². The summed E-state index contributed by atoms with van der Waals surface area (Å²) in [6.45, 7) is -0.415.